The van der Waals surface area contributed by atoms with Crippen LogP contribution in [0.25, 0.3) is 0 Å². The Morgan fingerprint density at radius 3 is 2.65 bits per heavy atom. The first kappa shape index (κ1) is 12.9. The summed E-state index contributed by atoms with van der Waals surface area (Å²) in [6.07, 6.45) is 0.122. The van der Waals surface area contributed by atoms with E-state index in [1.807, 2.05) is 26.2 Å². The van der Waals surface area contributed by atoms with Gasteiger partial charge in [0.2, 0.25) is 0 Å². The molecule has 1 fully saturated rings. The quantitative estimate of drug-likeness (QED) is 0.890. The average Bonchev–Trinajstić information content (AvgIpc) is 2.77. The highest BCUT2D eigenvalue weighted by molar-refractivity contribution is 9.10. The van der Waals surface area contributed by atoms with Crippen molar-refractivity contribution in [2.24, 2.45) is 0 Å². The van der Waals surface area contributed by atoms with Gasteiger partial charge in [-0.05, 0) is 49.2 Å². The van der Waals surface area contributed by atoms with Gasteiger partial charge in [0, 0.05) is 32.2 Å². The van der Waals surface area contributed by atoms with Crippen LogP contribution < -0.4 is 0 Å². The van der Waals surface area contributed by atoms with Gasteiger partial charge in [-0.1, -0.05) is 0 Å². The number of nitrogens with zero attached hydrogens (tertiary/aromatic N) is 1. The second kappa shape index (κ2) is 4.28. The minimum atomic E-state index is -0.819. The van der Waals surface area contributed by atoms with Gasteiger partial charge in [-0.15, -0.1) is 11.3 Å². The van der Waals surface area contributed by atoms with E-state index in [0.717, 1.165) is 10.9 Å². The summed E-state index contributed by atoms with van der Waals surface area (Å²) in [6, 6.07) is 2.23. The van der Waals surface area contributed by atoms with E-state index in [0.29, 0.717) is 5.92 Å². The van der Waals surface area contributed by atoms with E-state index in [4.69, 9.17) is 0 Å². The van der Waals surface area contributed by atoms with E-state index >= 15 is 0 Å². The van der Waals surface area contributed by atoms with Crippen LogP contribution >= 0.6 is 27.3 Å². The summed E-state index contributed by atoms with van der Waals surface area (Å²) < 4.78 is 1.08. The molecule has 0 aromatic carbocycles. The fourth-order valence-corrected chi connectivity index (χ4v) is 3.84. The second-order valence-electron chi connectivity index (χ2n) is 5.40. The first-order chi connectivity index (χ1) is 7.80. The van der Waals surface area contributed by atoms with Gasteiger partial charge in [0.25, 0.3) is 0 Å². The molecule has 1 aliphatic carbocycles. The Hall–Kier alpha value is -0.550. The molecule has 1 N–H and O–H groups in total. The van der Waals surface area contributed by atoms with Gasteiger partial charge in [0.1, 0.15) is 0 Å². The number of carboxylic acid groups (broad SMARTS) is 1. The molecule has 94 valence electrons. The Labute approximate surface area is 114 Å². The van der Waals surface area contributed by atoms with Gasteiger partial charge < -0.3 is 5.11 Å². The van der Waals surface area contributed by atoms with Crippen molar-refractivity contribution in [2.45, 2.75) is 44.7 Å². The fraction of sp³-hybridized carbons (Fsp3) is 0.583. The lowest BCUT2D eigenvalue weighted by Crippen LogP contribution is -2.46. The number of rotatable bonds is 2. The molecule has 0 radical (unpaired) electrons. The van der Waals surface area contributed by atoms with E-state index in [1.165, 1.54) is 4.88 Å². The lowest BCUT2D eigenvalue weighted by molar-refractivity contribution is 0.0941. The largest absolute Gasteiger partial charge is 0.465 e. The molecule has 0 spiro atoms. The van der Waals surface area contributed by atoms with Gasteiger partial charge >= 0.3 is 6.09 Å². The average molecular weight is 318 g/mol. The maximum Gasteiger partial charge on any atom is 0.408 e. The third-order valence-corrected chi connectivity index (χ3v) is 4.80. The number of hydrogen-bond donors (Lipinski definition) is 1. The topological polar surface area (TPSA) is 40.5 Å². The minimum Gasteiger partial charge on any atom is -0.465 e. The SMILES string of the molecule is CC(C)(C)N(C(=O)O)C1CC1c1cc(Br)cs1. The Morgan fingerprint density at radius 2 is 2.24 bits per heavy atom. The monoisotopic (exact) mass is 317 g/mol. The number of amides is 1. The molecule has 5 heteroatoms. The standard InChI is InChI=1S/C12H16BrNO2S/c1-12(2,3)14(11(15)16)9-5-8(9)10-4-7(13)6-17-10/h4,6,8-9H,5H2,1-3H3,(H,15,16). The van der Waals surface area contributed by atoms with Crippen molar-refractivity contribution >= 4 is 33.4 Å². The molecule has 2 unspecified atom stereocenters. The first-order valence-corrected chi connectivity index (χ1v) is 7.24. The summed E-state index contributed by atoms with van der Waals surface area (Å²) in [5, 5.41) is 11.4. The van der Waals surface area contributed by atoms with Crippen LogP contribution in [0, 0.1) is 0 Å². The van der Waals surface area contributed by atoms with Crippen LogP contribution in [0.2, 0.25) is 0 Å². The Balaban J connectivity index is 2.13. The van der Waals surface area contributed by atoms with E-state index in [2.05, 4.69) is 22.0 Å². The van der Waals surface area contributed by atoms with Crippen molar-refractivity contribution in [1.29, 1.82) is 0 Å². The van der Waals surface area contributed by atoms with Gasteiger partial charge in [0.05, 0.1) is 0 Å². The number of thiophene rings is 1. The molecule has 2 rings (SSSR count). The van der Waals surface area contributed by atoms with E-state index < -0.39 is 6.09 Å². The van der Waals surface area contributed by atoms with E-state index in [-0.39, 0.29) is 11.6 Å². The highest BCUT2D eigenvalue weighted by atomic mass is 79.9. The summed E-state index contributed by atoms with van der Waals surface area (Å²) in [5.41, 5.74) is -0.334. The summed E-state index contributed by atoms with van der Waals surface area (Å²) in [7, 11) is 0. The molecular weight excluding hydrogens is 302 g/mol. The molecule has 0 aliphatic heterocycles. The van der Waals surface area contributed by atoms with Crippen LogP contribution in [-0.2, 0) is 0 Å². The summed E-state index contributed by atoms with van der Waals surface area (Å²) in [6.45, 7) is 5.84. The highest BCUT2D eigenvalue weighted by Crippen LogP contribution is 2.49. The van der Waals surface area contributed by atoms with Crippen molar-refractivity contribution < 1.29 is 9.90 Å². The van der Waals surface area contributed by atoms with Crippen molar-refractivity contribution in [2.75, 3.05) is 0 Å². The lowest BCUT2D eigenvalue weighted by Gasteiger charge is -2.33. The minimum absolute atomic E-state index is 0.137. The predicted molar refractivity (Wildman–Crippen MR) is 72.8 cm³/mol. The zero-order valence-electron chi connectivity index (χ0n) is 10.1. The molecule has 1 heterocycles. The predicted octanol–water partition coefficient (Wildman–Crippen LogP) is 4.15. The molecule has 1 aromatic heterocycles. The number of carbonyl (C=O) groups is 1. The molecule has 1 amide bonds. The van der Waals surface area contributed by atoms with Crippen LogP contribution in [0.1, 0.15) is 38.0 Å². The van der Waals surface area contributed by atoms with Crippen molar-refractivity contribution in [3.05, 3.63) is 20.8 Å². The number of halogens is 1. The normalized spacial score (nSPS) is 23.5. The zero-order chi connectivity index (χ0) is 12.8. The number of hydrogen-bond acceptors (Lipinski definition) is 2. The highest BCUT2D eigenvalue weighted by Gasteiger charge is 2.49. The molecule has 0 saturated heterocycles. The van der Waals surface area contributed by atoms with Crippen LogP contribution in [0.4, 0.5) is 4.79 Å². The maximum atomic E-state index is 11.3. The fourth-order valence-electron chi connectivity index (χ4n) is 2.22. The molecular formula is C12H16BrNO2S. The molecule has 17 heavy (non-hydrogen) atoms. The molecule has 1 aliphatic rings. The maximum absolute atomic E-state index is 11.3. The van der Waals surface area contributed by atoms with Gasteiger partial charge in [0.15, 0.2) is 0 Å². The van der Waals surface area contributed by atoms with E-state index in [9.17, 15) is 9.90 Å². The second-order valence-corrected chi connectivity index (χ2v) is 7.26. The summed E-state index contributed by atoms with van der Waals surface area (Å²) in [5.74, 6) is 0.377. The molecule has 3 nitrogen and oxygen atoms in total. The molecule has 2 atom stereocenters. The molecule has 1 aromatic rings. The Bertz CT molecular complexity index is 438. The third-order valence-electron chi connectivity index (χ3n) is 2.97. The van der Waals surface area contributed by atoms with E-state index in [1.54, 1.807) is 16.2 Å². The zero-order valence-corrected chi connectivity index (χ0v) is 12.5. The Kier molecular flexibility index (Phi) is 3.25. The molecule has 0 bridgehead atoms. The van der Waals surface area contributed by atoms with Crippen LogP contribution in [0.3, 0.4) is 0 Å². The smallest absolute Gasteiger partial charge is 0.408 e. The van der Waals surface area contributed by atoms with Crippen LogP contribution in [0.15, 0.2) is 15.9 Å². The first-order valence-electron chi connectivity index (χ1n) is 5.57. The Morgan fingerprint density at radius 1 is 1.59 bits per heavy atom. The van der Waals surface area contributed by atoms with Crippen molar-refractivity contribution in [1.82, 2.24) is 4.90 Å². The summed E-state index contributed by atoms with van der Waals surface area (Å²) >= 11 is 5.13. The van der Waals surface area contributed by atoms with Gasteiger partial charge in [-0.25, -0.2) is 4.79 Å². The lowest BCUT2D eigenvalue weighted by atomic mass is 10.1. The third kappa shape index (κ3) is 2.65. The van der Waals surface area contributed by atoms with Crippen LogP contribution in [-0.4, -0.2) is 27.7 Å². The van der Waals surface area contributed by atoms with Gasteiger partial charge in [-0.3, -0.25) is 4.90 Å². The van der Waals surface area contributed by atoms with Crippen molar-refractivity contribution in [3.8, 4) is 0 Å². The van der Waals surface area contributed by atoms with Crippen molar-refractivity contribution in [3.63, 3.8) is 0 Å². The van der Waals surface area contributed by atoms with Gasteiger partial charge in [-0.2, -0.15) is 0 Å². The summed E-state index contributed by atoms with van der Waals surface area (Å²) in [4.78, 5) is 14.2. The van der Waals surface area contributed by atoms with Crippen LogP contribution in [0.5, 0.6) is 0 Å². The molecule has 1 saturated carbocycles.